The first kappa shape index (κ1) is 25.2. The Bertz CT molecular complexity index is 1630. The minimum absolute atomic E-state index is 0.00930. The predicted molar refractivity (Wildman–Crippen MR) is 139 cm³/mol. The van der Waals surface area contributed by atoms with Crippen LogP contribution in [0.5, 0.6) is 0 Å². The topological polar surface area (TPSA) is 153 Å². The van der Waals surface area contributed by atoms with Crippen molar-refractivity contribution in [2.24, 2.45) is 5.92 Å². The van der Waals surface area contributed by atoms with E-state index in [0.717, 1.165) is 5.39 Å². The Morgan fingerprint density at radius 1 is 1.32 bits per heavy atom. The van der Waals surface area contributed by atoms with Gasteiger partial charge in [0.1, 0.15) is 29.5 Å². The zero-order chi connectivity index (χ0) is 27.1. The Labute approximate surface area is 222 Å². The normalized spacial score (nSPS) is 14.2. The van der Waals surface area contributed by atoms with Gasteiger partial charge in [-0.3, -0.25) is 19.1 Å². The van der Waals surface area contributed by atoms with Gasteiger partial charge in [0.25, 0.3) is 5.91 Å². The summed E-state index contributed by atoms with van der Waals surface area (Å²) in [7, 11) is 3.34. The maximum atomic E-state index is 13.1. The van der Waals surface area contributed by atoms with Crippen molar-refractivity contribution in [3.05, 3.63) is 41.2 Å². The highest BCUT2D eigenvalue weighted by atomic mass is 35.5. The van der Waals surface area contributed by atoms with E-state index in [1.165, 1.54) is 17.3 Å². The summed E-state index contributed by atoms with van der Waals surface area (Å²) in [6.45, 7) is 2.34. The van der Waals surface area contributed by atoms with E-state index in [4.69, 9.17) is 16.9 Å². The SMILES string of the molecule is C[C@@H](NC(=O)c1c[nH]c2ncc(-c3nn(CC(=O)N(C)C)c4cc(Cl)ccc34)nc12)C(=O)N1CC(C#N)C1. The second kappa shape index (κ2) is 9.75. The third kappa shape index (κ3) is 4.52. The number of carbonyl (C=O) groups excluding carboxylic acids is 3. The Morgan fingerprint density at radius 3 is 2.79 bits per heavy atom. The van der Waals surface area contributed by atoms with Crippen molar-refractivity contribution in [3.8, 4) is 17.5 Å². The first-order valence-electron chi connectivity index (χ1n) is 11.9. The lowest BCUT2D eigenvalue weighted by Gasteiger charge is -2.37. The number of hydrogen-bond donors (Lipinski definition) is 2. The van der Waals surface area contributed by atoms with Gasteiger partial charge in [-0.05, 0) is 25.1 Å². The Balaban J connectivity index is 1.45. The molecule has 5 rings (SSSR count). The van der Waals surface area contributed by atoms with Crippen LogP contribution in [0.2, 0.25) is 5.02 Å². The Hall–Kier alpha value is -4.50. The van der Waals surface area contributed by atoms with Crippen molar-refractivity contribution in [1.82, 2.24) is 39.8 Å². The number of benzene rings is 1. The number of aromatic amines is 1. The quantitative estimate of drug-likeness (QED) is 0.383. The van der Waals surface area contributed by atoms with Crippen LogP contribution in [0.25, 0.3) is 33.5 Å². The summed E-state index contributed by atoms with van der Waals surface area (Å²) in [6.07, 6.45) is 3.03. The molecule has 0 unspecified atom stereocenters. The zero-order valence-corrected chi connectivity index (χ0v) is 21.7. The molecule has 194 valence electrons. The molecule has 0 radical (unpaired) electrons. The lowest BCUT2D eigenvalue weighted by molar-refractivity contribution is -0.137. The van der Waals surface area contributed by atoms with Gasteiger partial charge in [-0.2, -0.15) is 10.4 Å². The first-order chi connectivity index (χ1) is 18.2. The van der Waals surface area contributed by atoms with Crippen LogP contribution in [0.1, 0.15) is 17.3 Å². The van der Waals surface area contributed by atoms with Crippen molar-refractivity contribution >= 4 is 51.4 Å². The molecule has 0 bridgehead atoms. The van der Waals surface area contributed by atoms with E-state index >= 15 is 0 Å². The third-order valence-corrected chi connectivity index (χ3v) is 6.69. The number of aromatic nitrogens is 5. The molecule has 1 aliphatic rings. The van der Waals surface area contributed by atoms with Gasteiger partial charge in [0.05, 0.1) is 29.3 Å². The standard InChI is InChI=1S/C25H24ClN9O3/c1-13(25(38)34-10-14(7-27)11-34)30-24(37)17-8-28-23-22(17)31-18(9-29-23)21-16-5-4-15(26)6-19(16)35(32-21)12-20(36)33(2)3/h4-6,8-9,13-14H,10-12H2,1-3H3,(H,28,29)(H,30,37)/t13-/m1/s1. The number of fused-ring (bicyclic) bond motifs is 2. The number of H-pyrrole nitrogens is 1. The maximum absolute atomic E-state index is 13.1. The van der Waals surface area contributed by atoms with Gasteiger partial charge in [0.2, 0.25) is 11.8 Å². The fourth-order valence-corrected chi connectivity index (χ4v) is 4.42. The van der Waals surface area contributed by atoms with Gasteiger partial charge in [-0.25, -0.2) is 9.97 Å². The first-order valence-corrected chi connectivity index (χ1v) is 12.2. The number of likely N-dealkylation sites (N-methyl/N-ethyl adjacent to an activating group) is 1. The van der Waals surface area contributed by atoms with E-state index in [2.05, 4.69) is 31.4 Å². The number of halogens is 1. The summed E-state index contributed by atoms with van der Waals surface area (Å²) in [5.41, 5.74) is 2.48. The molecule has 4 heterocycles. The van der Waals surface area contributed by atoms with Gasteiger partial charge in [-0.1, -0.05) is 11.6 Å². The van der Waals surface area contributed by atoms with Crippen LogP contribution in [0, 0.1) is 17.2 Å². The smallest absolute Gasteiger partial charge is 0.255 e. The molecule has 0 saturated carbocycles. The van der Waals surface area contributed by atoms with Crippen LogP contribution in [0.4, 0.5) is 0 Å². The highest BCUT2D eigenvalue weighted by molar-refractivity contribution is 6.31. The minimum atomic E-state index is -0.776. The van der Waals surface area contributed by atoms with Gasteiger partial charge in [0.15, 0.2) is 5.65 Å². The summed E-state index contributed by atoms with van der Waals surface area (Å²) in [6, 6.07) is 6.60. The highest BCUT2D eigenvalue weighted by Gasteiger charge is 2.33. The number of nitrogens with one attached hydrogen (secondary N) is 2. The van der Waals surface area contributed by atoms with E-state index in [1.807, 2.05) is 0 Å². The number of rotatable bonds is 6. The van der Waals surface area contributed by atoms with Crippen LogP contribution in [0.15, 0.2) is 30.6 Å². The molecule has 2 N–H and O–H groups in total. The molecule has 12 nitrogen and oxygen atoms in total. The number of hydrogen-bond acceptors (Lipinski definition) is 7. The lowest BCUT2D eigenvalue weighted by Crippen LogP contribution is -2.55. The zero-order valence-electron chi connectivity index (χ0n) is 20.9. The largest absolute Gasteiger partial charge is 0.347 e. The van der Waals surface area contributed by atoms with Crippen molar-refractivity contribution < 1.29 is 14.4 Å². The molecule has 0 aliphatic carbocycles. The Morgan fingerprint density at radius 2 is 2.08 bits per heavy atom. The fraction of sp³-hybridized carbons (Fsp3) is 0.320. The number of nitriles is 1. The van der Waals surface area contributed by atoms with Gasteiger partial charge >= 0.3 is 0 Å². The fourth-order valence-electron chi connectivity index (χ4n) is 4.26. The molecule has 38 heavy (non-hydrogen) atoms. The van der Waals surface area contributed by atoms with Crippen LogP contribution >= 0.6 is 11.6 Å². The number of likely N-dealkylation sites (tertiary alicyclic amines) is 1. The molecule has 1 aliphatic heterocycles. The summed E-state index contributed by atoms with van der Waals surface area (Å²) in [5.74, 6) is -1.04. The Kier molecular flexibility index (Phi) is 6.46. The van der Waals surface area contributed by atoms with Crippen molar-refractivity contribution in [2.75, 3.05) is 27.2 Å². The van der Waals surface area contributed by atoms with E-state index in [0.29, 0.717) is 46.2 Å². The number of amides is 3. The molecule has 1 aromatic carbocycles. The number of nitrogens with zero attached hydrogens (tertiary/aromatic N) is 7. The van der Waals surface area contributed by atoms with Crippen molar-refractivity contribution in [1.29, 1.82) is 5.26 Å². The molecule has 13 heteroatoms. The van der Waals surface area contributed by atoms with Gasteiger partial charge in [-0.15, -0.1) is 0 Å². The van der Waals surface area contributed by atoms with Crippen LogP contribution < -0.4 is 5.32 Å². The average molecular weight is 534 g/mol. The van der Waals surface area contributed by atoms with Gasteiger partial charge in [0, 0.05) is 43.8 Å². The monoisotopic (exact) mass is 533 g/mol. The third-order valence-electron chi connectivity index (χ3n) is 6.46. The van der Waals surface area contributed by atoms with Crippen molar-refractivity contribution in [2.45, 2.75) is 19.5 Å². The molecular weight excluding hydrogens is 510 g/mol. The average Bonchev–Trinajstić information content (AvgIpc) is 3.44. The second-order valence-electron chi connectivity index (χ2n) is 9.38. The highest BCUT2D eigenvalue weighted by Crippen LogP contribution is 2.30. The molecule has 1 fully saturated rings. The molecule has 1 atom stereocenters. The number of carbonyl (C=O) groups is 3. The van der Waals surface area contributed by atoms with Crippen molar-refractivity contribution in [3.63, 3.8) is 0 Å². The maximum Gasteiger partial charge on any atom is 0.255 e. The van der Waals surface area contributed by atoms with Crippen LogP contribution in [0.3, 0.4) is 0 Å². The van der Waals surface area contributed by atoms with E-state index in [1.54, 1.807) is 48.8 Å². The van der Waals surface area contributed by atoms with E-state index in [9.17, 15) is 14.4 Å². The summed E-state index contributed by atoms with van der Waals surface area (Å²) in [4.78, 5) is 53.1. The lowest BCUT2D eigenvalue weighted by atomic mass is 10.0. The van der Waals surface area contributed by atoms with E-state index in [-0.39, 0.29) is 29.8 Å². The summed E-state index contributed by atoms with van der Waals surface area (Å²) >= 11 is 6.22. The van der Waals surface area contributed by atoms with Gasteiger partial charge < -0.3 is 20.1 Å². The molecule has 3 aromatic heterocycles. The summed E-state index contributed by atoms with van der Waals surface area (Å²) in [5, 5.41) is 17.5. The minimum Gasteiger partial charge on any atom is -0.347 e. The van der Waals surface area contributed by atoms with Crippen LogP contribution in [-0.2, 0) is 16.1 Å². The molecular formula is C25H24ClN9O3. The molecule has 3 amide bonds. The molecule has 0 spiro atoms. The molecule has 1 saturated heterocycles. The second-order valence-corrected chi connectivity index (χ2v) is 9.81. The molecule has 4 aromatic rings. The summed E-state index contributed by atoms with van der Waals surface area (Å²) < 4.78 is 1.56. The van der Waals surface area contributed by atoms with E-state index < -0.39 is 11.9 Å². The predicted octanol–water partition coefficient (Wildman–Crippen LogP) is 1.82. The van der Waals surface area contributed by atoms with Crippen LogP contribution in [-0.4, -0.2) is 85.5 Å².